The molecule has 1 aromatic carbocycles. The van der Waals surface area contributed by atoms with Crippen LogP contribution in [-0.4, -0.2) is 57.4 Å². The number of nitrogens with zero attached hydrogens (tertiary/aromatic N) is 7. The molecule has 1 aromatic heterocycles. The Kier molecular flexibility index (Phi) is 9.07. The van der Waals surface area contributed by atoms with Gasteiger partial charge in [0.15, 0.2) is 0 Å². The summed E-state index contributed by atoms with van der Waals surface area (Å²) in [5, 5.41) is 20.1. The average molecular weight is 431 g/mol. The van der Waals surface area contributed by atoms with Gasteiger partial charge in [0.2, 0.25) is 5.90 Å². The van der Waals surface area contributed by atoms with E-state index in [1.807, 2.05) is 26.0 Å². The monoisotopic (exact) mass is 431 g/mol. The Bertz CT molecular complexity index is 1020. The summed E-state index contributed by atoms with van der Waals surface area (Å²) in [6.45, 7) is 8.46. The first-order chi connectivity index (χ1) is 14.9. The third kappa shape index (κ3) is 6.57. The van der Waals surface area contributed by atoms with E-state index >= 15 is 0 Å². The van der Waals surface area contributed by atoms with E-state index in [4.69, 9.17) is 14.3 Å². The van der Waals surface area contributed by atoms with E-state index in [-0.39, 0.29) is 12.3 Å². The number of hydrogen-bond donors (Lipinski definition) is 0. The summed E-state index contributed by atoms with van der Waals surface area (Å²) in [7, 11) is 3.15. The highest BCUT2D eigenvalue weighted by atomic mass is 16.6. The van der Waals surface area contributed by atoms with Crippen LogP contribution in [0.25, 0.3) is 5.69 Å². The topological polar surface area (TPSA) is 117 Å². The first-order valence-electron chi connectivity index (χ1n) is 9.86. The van der Waals surface area contributed by atoms with Crippen LogP contribution in [0.3, 0.4) is 0 Å². The van der Waals surface area contributed by atoms with Crippen LogP contribution in [0.4, 0.5) is 0 Å². The van der Waals surface area contributed by atoms with E-state index in [9.17, 15) is 4.79 Å². The number of rotatable bonds is 10. The summed E-state index contributed by atoms with van der Waals surface area (Å²) in [5.74, 6) is 0.452. The summed E-state index contributed by atoms with van der Waals surface area (Å²) in [6, 6.07) is 5.60. The molecular formula is C20H29N7O4. The Morgan fingerprint density at radius 2 is 1.90 bits per heavy atom. The Labute approximate surface area is 181 Å². The molecule has 0 saturated carbocycles. The van der Waals surface area contributed by atoms with Crippen molar-refractivity contribution < 1.29 is 14.3 Å². The minimum Gasteiger partial charge on any atom is -0.475 e. The van der Waals surface area contributed by atoms with Crippen LogP contribution in [0.15, 0.2) is 38.4 Å². The van der Waals surface area contributed by atoms with Gasteiger partial charge in [-0.2, -0.15) is 14.5 Å². The molecule has 31 heavy (non-hydrogen) atoms. The number of benzene rings is 1. The van der Waals surface area contributed by atoms with Crippen molar-refractivity contribution in [3.63, 3.8) is 0 Å². The zero-order valence-electron chi connectivity index (χ0n) is 18.8. The van der Waals surface area contributed by atoms with Crippen LogP contribution in [0.5, 0.6) is 0 Å². The SMILES string of the molecule is CCC(=NN=C(C)C(C)=NOCCOC)OCc1c(C)cccc1-n1nnn(C)c1=O. The van der Waals surface area contributed by atoms with E-state index < -0.39 is 0 Å². The van der Waals surface area contributed by atoms with Crippen molar-refractivity contribution in [2.24, 2.45) is 22.4 Å². The summed E-state index contributed by atoms with van der Waals surface area (Å²) in [4.78, 5) is 17.4. The van der Waals surface area contributed by atoms with E-state index in [1.54, 1.807) is 34.1 Å². The Morgan fingerprint density at radius 1 is 1.13 bits per heavy atom. The lowest BCUT2D eigenvalue weighted by Crippen LogP contribution is -2.23. The highest BCUT2D eigenvalue weighted by molar-refractivity contribution is 6.40. The molecule has 0 bridgehead atoms. The summed E-state index contributed by atoms with van der Waals surface area (Å²) in [6.07, 6.45) is 0.545. The number of ether oxygens (including phenoxy) is 2. The molecule has 168 valence electrons. The van der Waals surface area contributed by atoms with Gasteiger partial charge in [-0.05, 0) is 42.8 Å². The summed E-state index contributed by atoms with van der Waals surface area (Å²) < 4.78 is 13.2. The summed E-state index contributed by atoms with van der Waals surface area (Å²) >= 11 is 0. The minimum absolute atomic E-state index is 0.208. The predicted molar refractivity (Wildman–Crippen MR) is 118 cm³/mol. The molecule has 0 fully saturated rings. The van der Waals surface area contributed by atoms with E-state index in [0.29, 0.717) is 42.6 Å². The normalized spacial score (nSPS) is 12.9. The van der Waals surface area contributed by atoms with E-state index in [1.165, 1.54) is 9.36 Å². The highest BCUT2D eigenvalue weighted by Crippen LogP contribution is 2.18. The fourth-order valence-corrected chi connectivity index (χ4v) is 2.43. The molecule has 11 heteroatoms. The van der Waals surface area contributed by atoms with Gasteiger partial charge in [-0.25, -0.2) is 4.79 Å². The van der Waals surface area contributed by atoms with Crippen LogP contribution in [0, 0.1) is 6.92 Å². The molecule has 0 radical (unpaired) electrons. The Hall–Kier alpha value is -3.34. The molecule has 2 rings (SSSR count). The van der Waals surface area contributed by atoms with Gasteiger partial charge >= 0.3 is 5.69 Å². The molecule has 1 heterocycles. The second kappa shape index (κ2) is 11.7. The Morgan fingerprint density at radius 3 is 2.55 bits per heavy atom. The fraction of sp³-hybridized carbons (Fsp3) is 0.500. The van der Waals surface area contributed by atoms with Crippen molar-refractivity contribution in [1.29, 1.82) is 0 Å². The van der Waals surface area contributed by atoms with Gasteiger partial charge in [0.1, 0.15) is 13.2 Å². The maximum atomic E-state index is 12.3. The second-order valence-electron chi connectivity index (χ2n) is 6.69. The Balaban J connectivity index is 2.16. The maximum Gasteiger partial charge on any atom is 0.368 e. The van der Waals surface area contributed by atoms with Gasteiger partial charge < -0.3 is 14.3 Å². The quantitative estimate of drug-likeness (QED) is 0.246. The number of methoxy groups -OCH3 is 1. The van der Waals surface area contributed by atoms with Crippen LogP contribution in [-0.2, 0) is 28.0 Å². The van der Waals surface area contributed by atoms with Gasteiger partial charge in [0.05, 0.1) is 23.7 Å². The van der Waals surface area contributed by atoms with Crippen LogP contribution < -0.4 is 5.69 Å². The van der Waals surface area contributed by atoms with E-state index in [0.717, 1.165) is 11.1 Å². The molecule has 0 atom stereocenters. The molecule has 0 saturated heterocycles. The van der Waals surface area contributed by atoms with Crippen molar-refractivity contribution in [3.05, 3.63) is 39.8 Å². The number of aromatic nitrogens is 4. The zero-order chi connectivity index (χ0) is 22.8. The molecule has 0 aliphatic rings. The fourth-order valence-electron chi connectivity index (χ4n) is 2.43. The van der Waals surface area contributed by atoms with Gasteiger partial charge in [0, 0.05) is 26.1 Å². The van der Waals surface area contributed by atoms with Crippen molar-refractivity contribution in [2.45, 2.75) is 40.7 Å². The number of oxime groups is 1. The molecule has 0 spiro atoms. The highest BCUT2D eigenvalue weighted by Gasteiger charge is 2.14. The van der Waals surface area contributed by atoms with Gasteiger partial charge in [0.25, 0.3) is 0 Å². The molecule has 0 aliphatic carbocycles. The van der Waals surface area contributed by atoms with Crippen LogP contribution in [0.1, 0.15) is 38.3 Å². The molecular weight excluding hydrogens is 402 g/mol. The van der Waals surface area contributed by atoms with E-state index in [2.05, 4.69) is 25.8 Å². The molecule has 0 aliphatic heterocycles. The van der Waals surface area contributed by atoms with Gasteiger partial charge in [-0.15, -0.1) is 5.10 Å². The maximum absolute atomic E-state index is 12.3. The van der Waals surface area contributed by atoms with Gasteiger partial charge in [-0.1, -0.05) is 24.2 Å². The first-order valence-corrected chi connectivity index (χ1v) is 9.86. The lowest BCUT2D eigenvalue weighted by molar-refractivity contribution is 0.0753. The predicted octanol–water partition coefficient (Wildman–Crippen LogP) is 2.01. The average Bonchev–Trinajstić information content (AvgIpc) is 3.09. The van der Waals surface area contributed by atoms with Gasteiger partial charge in [-0.3, -0.25) is 0 Å². The third-order valence-corrected chi connectivity index (χ3v) is 4.44. The number of aryl methyl sites for hydroxylation is 2. The largest absolute Gasteiger partial charge is 0.475 e. The molecule has 11 nitrogen and oxygen atoms in total. The third-order valence-electron chi connectivity index (χ3n) is 4.44. The van der Waals surface area contributed by atoms with Crippen molar-refractivity contribution >= 4 is 17.3 Å². The lowest BCUT2D eigenvalue weighted by atomic mass is 10.1. The lowest BCUT2D eigenvalue weighted by Gasteiger charge is -2.13. The van der Waals surface area contributed by atoms with Crippen LogP contribution in [0.2, 0.25) is 0 Å². The second-order valence-corrected chi connectivity index (χ2v) is 6.69. The van der Waals surface area contributed by atoms with Crippen molar-refractivity contribution in [2.75, 3.05) is 20.3 Å². The molecule has 2 aromatic rings. The molecule has 0 N–H and O–H groups in total. The first kappa shape index (κ1) is 23.9. The molecule has 0 unspecified atom stereocenters. The smallest absolute Gasteiger partial charge is 0.368 e. The summed E-state index contributed by atoms with van der Waals surface area (Å²) in [5.41, 5.74) is 3.27. The standard InChI is InChI=1S/C20H29N7O4/c1-7-19(22-21-15(3)16(4)23-31-12-11-29-6)30-13-17-14(2)9-8-10-18(17)27-20(28)26(5)24-25-27/h8-10H,7,11-13H2,1-6H3. The molecule has 0 amide bonds. The number of hydrogen-bond acceptors (Lipinski definition) is 9. The minimum atomic E-state index is -0.334. The van der Waals surface area contributed by atoms with Crippen LogP contribution >= 0.6 is 0 Å². The number of tetrazole rings is 1. The van der Waals surface area contributed by atoms with Crippen molar-refractivity contribution in [3.8, 4) is 5.69 Å². The van der Waals surface area contributed by atoms with Crippen molar-refractivity contribution in [1.82, 2.24) is 19.8 Å². The zero-order valence-corrected chi connectivity index (χ0v) is 18.8.